The number of H-pyrrole nitrogens is 1. The topological polar surface area (TPSA) is 70.2 Å². The van der Waals surface area contributed by atoms with Crippen molar-refractivity contribution >= 4 is 34.3 Å². The molecule has 0 radical (unpaired) electrons. The first-order valence-corrected chi connectivity index (χ1v) is 4.51. The SMILES string of the molecule is O=C(O)C(=O)c1cc2cc(Cl)ccc2[nH]1. The predicted molar refractivity (Wildman–Crippen MR) is 55.3 cm³/mol. The van der Waals surface area contributed by atoms with E-state index in [1.807, 2.05) is 0 Å². The van der Waals surface area contributed by atoms with Crippen LogP contribution >= 0.6 is 11.6 Å². The van der Waals surface area contributed by atoms with E-state index >= 15 is 0 Å². The Bertz CT molecular complexity index is 559. The highest BCUT2D eigenvalue weighted by atomic mass is 35.5. The largest absolute Gasteiger partial charge is 0.475 e. The van der Waals surface area contributed by atoms with E-state index in [0.717, 1.165) is 0 Å². The fraction of sp³-hybridized carbons (Fsp3) is 0. The number of aliphatic carboxylic acids is 1. The maximum Gasteiger partial charge on any atom is 0.378 e. The molecule has 76 valence electrons. The minimum Gasteiger partial charge on any atom is -0.475 e. The zero-order valence-corrected chi connectivity index (χ0v) is 8.21. The molecule has 0 saturated carbocycles. The number of Topliss-reactive ketones (excluding diaryl/α,β-unsaturated/α-hetero) is 1. The normalized spacial score (nSPS) is 10.5. The Labute approximate surface area is 89.5 Å². The zero-order chi connectivity index (χ0) is 11.0. The van der Waals surface area contributed by atoms with Gasteiger partial charge < -0.3 is 10.1 Å². The summed E-state index contributed by atoms with van der Waals surface area (Å²) in [5.74, 6) is -2.44. The third kappa shape index (κ3) is 1.71. The molecule has 1 aromatic heterocycles. The quantitative estimate of drug-likeness (QED) is 0.605. The first-order chi connectivity index (χ1) is 7.08. The maximum absolute atomic E-state index is 11.1. The van der Waals surface area contributed by atoms with E-state index in [9.17, 15) is 9.59 Å². The highest BCUT2D eigenvalue weighted by Crippen LogP contribution is 2.20. The van der Waals surface area contributed by atoms with Crippen LogP contribution in [0.1, 0.15) is 10.5 Å². The first kappa shape index (κ1) is 9.73. The Morgan fingerprint density at radius 2 is 2.00 bits per heavy atom. The molecule has 1 heterocycles. The van der Waals surface area contributed by atoms with Crippen molar-refractivity contribution in [3.8, 4) is 0 Å². The third-order valence-corrected chi connectivity index (χ3v) is 2.26. The van der Waals surface area contributed by atoms with Gasteiger partial charge in [-0.1, -0.05) is 11.6 Å². The summed E-state index contributed by atoms with van der Waals surface area (Å²) in [6, 6.07) is 6.48. The molecule has 5 heteroatoms. The lowest BCUT2D eigenvalue weighted by atomic mass is 10.2. The molecular weight excluding hydrogens is 218 g/mol. The average Bonchev–Trinajstić information content (AvgIpc) is 2.58. The predicted octanol–water partition coefficient (Wildman–Crippen LogP) is 2.09. The summed E-state index contributed by atoms with van der Waals surface area (Å²) < 4.78 is 0. The molecule has 0 spiro atoms. The van der Waals surface area contributed by atoms with Crippen molar-refractivity contribution < 1.29 is 14.7 Å². The van der Waals surface area contributed by atoms with Crippen LogP contribution in [-0.2, 0) is 4.79 Å². The van der Waals surface area contributed by atoms with Crippen LogP contribution in [0.4, 0.5) is 0 Å². The fourth-order valence-corrected chi connectivity index (χ4v) is 1.52. The van der Waals surface area contributed by atoms with Crippen molar-refractivity contribution in [2.24, 2.45) is 0 Å². The Kier molecular flexibility index (Phi) is 2.21. The Morgan fingerprint density at radius 1 is 1.27 bits per heavy atom. The van der Waals surface area contributed by atoms with E-state index in [0.29, 0.717) is 15.9 Å². The number of carbonyl (C=O) groups excluding carboxylic acids is 1. The van der Waals surface area contributed by atoms with Gasteiger partial charge in [0.2, 0.25) is 0 Å². The Hall–Kier alpha value is -1.81. The molecule has 15 heavy (non-hydrogen) atoms. The van der Waals surface area contributed by atoms with Crippen LogP contribution in [0.5, 0.6) is 0 Å². The van der Waals surface area contributed by atoms with Crippen molar-refractivity contribution in [2.45, 2.75) is 0 Å². The molecule has 0 aliphatic rings. The molecule has 1 aromatic carbocycles. The van der Waals surface area contributed by atoms with Crippen molar-refractivity contribution in [2.75, 3.05) is 0 Å². The third-order valence-electron chi connectivity index (χ3n) is 2.02. The number of aromatic nitrogens is 1. The summed E-state index contributed by atoms with van der Waals surface area (Å²) in [4.78, 5) is 24.3. The second-order valence-electron chi connectivity index (χ2n) is 3.05. The van der Waals surface area contributed by atoms with Gasteiger partial charge in [-0.2, -0.15) is 0 Å². The summed E-state index contributed by atoms with van der Waals surface area (Å²) >= 11 is 5.75. The molecule has 2 N–H and O–H groups in total. The smallest absolute Gasteiger partial charge is 0.378 e. The van der Waals surface area contributed by atoms with Gasteiger partial charge in [0, 0.05) is 15.9 Å². The van der Waals surface area contributed by atoms with Gasteiger partial charge in [0.05, 0.1) is 5.69 Å². The molecule has 4 nitrogen and oxygen atoms in total. The molecule has 0 atom stereocenters. The number of benzene rings is 1. The highest BCUT2D eigenvalue weighted by Gasteiger charge is 2.16. The number of hydrogen-bond acceptors (Lipinski definition) is 2. The van der Waals surface area contributed by atoms with Gasteiger partial charge in [0.1, 0.15) is 0 Å². The van der Waals surface area contributed by atoms with E-state index in [1.165, 1.54) is 6.07 Å². The molecule has 0 unspecified atom stereocenters. The number of hydrogen-bond donors (Lipinski definition) is 2. The maximum atomic E-state index is 11.1. The summed E-state index contributed by atoms with van der Waals surface area (Å²) in [7, 11) is 0. The van der Waals surface area contributed by atoms with Crippen LogP contribution in [0.15, 0.2) is 24.3 Å². The number of halogens is 1. The Morgan fingerprint density at radius 3 is 2.67 bits per heavy atom. The summed E-state index contributed by atoms with van der Waals surface area (Å²) in [5.41, 5.74) is 0.740. The van der Waals surface area contributed by atoms with Crippen molar-refractivity contribution in [1.29, 1.82) is 0 Å². The number of carbonyl (C=O) groups is 2. The number of ketones is 1. The number of carboxylic acid groups (broad SMARTS) is 1. The van der Waals surface area contributed by atoms with E-state index in [1.54, 1.807) is 18.2 Å². The average molecular weight is 224 g/mol. The van der Waals surface area contributed by atoms with E-state index in [2.05, 4.69) is 4.98 Å². The molecule has 0 amide bonds. The van der Waals surface area contributed by atoms with Crippen LogP contribution in [0, 0.1) is 0 Å². The molecule has 0 aliphatic heterocycles. The van der Waals surface area contributed by atoms with Crippen LogP contribution < -0.4 is 0 Å². The highest BCUT2D eigenvalue weighted by molar-refractivity contribution is 6.39. The van der Waals surface area contributed by atoms with Crippen LogP contribution in [-0.4, -0.2) is 21.8 Å². The number of aromatic amines is 1. The molecule has 0 saturated heterocycles. The van der Waals surface area contributed by atoms with Crippen LogP contribution in [0.25, 0.3) is 10.9 Å². The van der Waals surface area contributed by atoms with Gasteiger partial charge in [0.15, 0.2) is 0 Å². The van der Waals surface area contributed by atoms with Gasteiger partial charge in [0.25, 0.3) is 5.78 Å². The second kappa shape index (κ2) is 3.40. The van der Waals surface area contributed by atoms with Crippen molar-refractivity contribution in [1.82, 2.24) is 4.98 Å². The van der Waals surface area contributed by atoms with Gasteiger partial charge in [-0.25, -0.2) is 4.79 Å². The monoisotopic (exact) mass is 223 g/mol. The minimum absolute atomic E-state index is 0.0553. The summed E-state index contributed by atoms with van der Waals surface area (Å²) in [6.07, 6.45) is 0. The number of rotatable bonds is 2. The van der Waals surface area contributed by atoms with Crippen LogP contribution in [0.2, 0.25) is 5.02 Å². The van der Waals surface area contributed by atoms with E-state index in [4.69, 9.17) is 16.7 Å². The standard InChI is InChI=1S/C10H6ClNO3/c11-6-1-2-7-5(3-6)4-8(12-7)9(13)10(14)15/h1-4,12H,(H,14,15). The minimum atomic E-state index is -1.48. The lowest BCUT2D eigenvalue weighted by Gasteiger charge is -1.89. The number of fused-ring (bicyclic) bond motifs is 1. The van der Waals surface area contributed by atoms with Crippen molar-refractivity contribution in [3.05, 3.63) is 35.0 Å². The lowest BCUT2D eigenvalue weighted by Crippen LogP contribution is -2.12. The number of nitrogens with one attached hydrogen (secondary N) is 1. The van der Waals surface area contributed by atoms with Gasteiger partial charge in [-0.3, -0.25) is 4.79 Å². The molecule has 0 bridgehead atoms. The molecule has 2 aromatic rings. The van der Waals surface area contributed by atoms with E-state index in [-0.39, 0.29) is 5.69 Å². The van der Waals surface area contributed by atoms with Crippen LogP contribution in [0.3, 0.4) is 0 Å². The zero-order valence-electron chi connectivity index (χ0n) is 7.45. The molecule has 2 rings (SSSR count). The summed E-state index contributed by atoms with van der Waals surface area (Å²) in [6.45, 7) is 0. The van der Waals surface area contributed by atoms with E-state index < -0.39 is 11.8 Å². The number of carboxylic acids is 1. The molecular formula is C10H6ClNO3. The molecule has 0 aliphatic carbocycles. The first-order valence-electron chi connectivity index (χ1n) is 4.14. The second-order valence-corrected chi connectivity index (χ2v) is 3.49. The molecule has 0 fully saturated rings. The van der Waals surface area contributed by atoms with Gasteiger partial charge >= 0.3 is 5.97 Å². The summed E-state index contributed by atoms with van der Waals surface area (Å²) in [5, 5.41) is 9.77. The Balaban J connectivity index is 2.56. The van der Waals surface area contributed by atoms with Crippen molar-refractivity contribution in [3.63, 3.8) is 0 Å². The lowest BCUT2D eigenvalue weighted by molar-refractivity contribution is -0.131. The van der Waals surface area contributed by atoms with Gasteiger partial charge in [-0.15, -0.1) is 0 Å². The fourth-order valence-electron chi connectivity index (χ4n) is 1.34. The van der Waals surface area contributed by atoms with Gasteiger partial charge in [-0.05, 0) is 24.3 Å².